The molecule has 1 rings (SSSR count). The minimum Gasteiger partial charge on any atom is -0.449 e. The van der Waals surface area contributed by atoms with Crippen molar-refractivity contribution in [2.24, 2.45) is 11.3 Å². The Morgan fingerprint density at radius 2 is 2.07 bits per heavy atom. The van der Waals surface area contributed by atoms with Crippen LogP contribution < -0.4 is 0 Å². The smallest absolute Gasteiger partial charge is 0.449 e. The van der Waals surface area contributed by atoms with Gasteiger partial charge in [0.05, 0.1) is 5.41 Å². The van der Waals surface area contributed by atoms with E-state index in [-0.39, 0.29) is 5.92 Å². The number of carbonyl (C=O) groups is 2. The Morgan fingerprint density at radius 1 is 1.43 bits per heavy atom. The van der Waals surface area contributed by atoms with Crippen molar-refractivity contribution < 1.29 is 19.4 Å². The van der Waals surface area contributed by atoms with Gasteiger partial charge in [-0.2, -0.15) is 0 Å². The van der Waals surface area contributed by atoms with Crippen molar-refractivity contribution in [3.05, 3.63) is 24.3 Å². The molecule has 0 radical (unpaired) electrons. The minimum absolute atomic E-state index is 0.0700. The summed E-state index contributed by atoms with van der Waals surface area (Å²) in [6, 6.07) is 0. The number of hydrogen-bond acceptors (Lipinski definition) is 3. The highest BCUT2D eigenvalue weighted by atomic mass is 16.7. The molecule has 0 heterocycles. The fourth-order valence-corrected chi connectivity index (χ4v) is 1.28. The Hall–Kier alpha value is -1.58. The van der Waals surface area contributed by atoms with Gasteiger partial charge < -0.3 is 9.84 Å². The van der Waals surface area contributed by atoms with Gasteiger partial charge in [0.2, 0.25) is 0 Å². The molecule has 0 fully saturated rings. The SMILES string of the molecule is CC1C=CC=CC1(C)C(=O)OC(=O)O. The summed E-state index contributed by atoms with van der Waals surface area (Å²) >= 11 is 0. The molecule has 0 aromatic heterocycles. The molecule has 2 unspecified atom stereocenters. The fourth-order valence-electron chi connectivity index (χ4n) is 1.28. The van der Waals surface area contributed by atoms with Crippen LogP contribution in [0.5, 0.6) is 0 Å². The summed E-state index contributed by atoms with van der Waals surface area (Å²) in [4.78, 5) is 21.7. The van der Waals surface area contributed by atoms with E-state index in [1.807, 2.05) is 19.1 Å². The number of esters is 1. The van der Waals surface area contributed by atoms with Crippen molar-refractivity contribution in [3.63, 3.8) is 0 Å². The average Bonchev–Trinajstić information content (AvgIpc) is 2.09. The van der Waals surface area contributed by atoms with Crippen LogP contribution in [0.3, 0.4) is 0 Å². The monoisotopic (exact) mass is 196 g/mol. The molecule has 4 nitrogen and oxygen atoms in total. The van der Waals surface area contributed by atoms with E-state index in [0.29, 0.717) is 0 Å². The number of hydrogen-bond donors (Lipinski definition) is 1. The minimum atomic E-state index is -1.56. The molecular formula is C10H12O4. The highest BCUT2D eigenvalue weighted by Crippen LogP contribution is 2.34. The fraction of sp³-hybridized carbons (Fsp3) is 0.400. The Morgan fingerprint density at radius 3 is 2.57 bits per heavy atom. The summed E-state index contributed by atoms with van der Waals surface area (Å²) in [7, 11) is 0. The molecule has 1 aliphatic rings. The van der Waals surface area contributed by atoms with Crippen LogP contribution >= 0.6 is 0 Å². The predicted octanol–water partition coefficient (Wildman–Crippen LogP) is 1.98. The third-order valence-corrected chi connectivity index (χ3v) is 2.52. The topological polar surface area (TPSA) is 63.6 Å². The van der Waals surface area contributed by atoms with E-state index in [2.05, 4.69) is 4.74 Å². The third-order valence-electron chi connectivity index (χ3n) is 2.52. The first-order chi connectivity index (χ1) is 6.47. The van der Waals surface area contributed by atoms with Gasteiger partial charge in [0, 0.05) is 0 Å². The zero-order valence-corrected chi connectivity index (χ0v) is 8.06. The largest absolute Gasteiger partial charge is 0.513 e. The molecule has 2 atom stereocenters. The van der Waals surface area contributed by atoms with Gasteiger partial charge in [-0.3, -0.25) is 4.79 Å². The van der Waals surface area contributed by atoms with Crippen LogP contribution in [0.15, 0.2) is 24.3 Å². The summed E-state index contributed by atoms with van der Waals surface area (Å²) in [6.07, 6.45) is 5.46. The molecule has 0 aromatic carbocycles. The third kappa shape index (κ3) is 1.84. The molecule has 1 N–H and O–H groups in total. The van der Waals surface area contributed by atoms with E-state index in [1.54, 1.807) is 19.1 Å². The van der Waals surface area contributed by atoms with Gasteiger partial charge in [-0.1, -0.05) is 31.2 Å². The first-order valence-corrected chi connectivity index (χ1v) is 4.28. The number of ether oxygens (including phenoxy) is 1. The van der Waals surface area contributed by atoms with Crippen LogP contribution in [0.25, 0.3) is 0 Å². The maximum Gasteiger partial charge on any atom is 0.513 e. The van der Waals surface area contributed by atoms with Crippen LogP contribution in [-0.2, 0) is 9.53 Å². The molecule has 1 aliphatic carbocycles. The molecular weight excluding hydrogens is 184 g/mol. The van der Waals surface area contributed by atoms with E-state index in [9.17, 15) is 9.59 Å². The van der Waals surface area contributed by atoms with Crippen molar-refractivity contribution in [2.75, 3.05) is 0 Å². The molecule has 0 saturated carbocycles. The lowest BCUT2D eigenvalue weighted by atomic mass is 9.75. The van der Waals surface area contributed by atoms with Crippen molar-refractivity contribution in [3.8, 4) is 0 Å². The molecule has 76 valence electrons. The van der Waals surface area contributed by atoms with Crippen molar-refractivity contribution in [1.82, 2.24) is 0 Å². The molecule has 0 saturated heterocycles. The molecule has 0 aromatic rings. The van der Waals surface area contributed by atoms with Gasteiger partial charge in [-0.15, -0.1) is 0 Å². The second kappa shape index (κ2) is 3.65. The number of rotatable bonds is 1. The summed E-state index contributed by atoms with van der Waals surface area (Å²) in [5.74, 6) is -0.808. The number of carbonyl (C=O) groups excluding carboxylic acids is 1. The number of carboxylic acid groups (broad SMARTS) is 1. The quantitative estimate of drug-likeness (QED) is 0.514. The Labute approximate surface area is 81.9 Å². The highest BCUT2D eigenvalue weighted by Gasteiger charge is 2.39. The van der Waals surface area contributed by atoms with Crippen molar-refractivity contribution in [2.45, 2.75) is 13.8 Å². The van der Waals surface area contributed by atoms with Crippen molar-refractivity contribution in [1.29, 1.82) is 0 Å². The van der Waals surface area contributed by atoms with Gasteiger partial charge in [-0.25, -0.2) is 4.79 Å². The zero-order valence-electron chi connectivity index (χ0n) is 8.06. The summed E-state index contributed by atoms with van der Waals surface area (Å²) < 4.78 is 4.16. The molecule has 0 spiro atoms. The van der Waals surface area contributed by atoms with Gasteiger partial charge in [0.1, 0.15) is 0 Å². The van der Waals surface area contributed by atoms with E-state index in [0.717, 1.165) is 0 Å². The summed E-state index contributed by atoms with van der Waals surface area (Å²) in [6.45, 7) is 3.49. The van der Waals surface area contributed by atoms with E-state index in [1.165, 1.54) is 0 Å². The van der Waals surface area contributed by atoms with Crippen LogP contribution in [0, 0.1) is 11.3 Å². The van der Waals surface area contributed by atoms with Crippen LogP contribution in [0.4, 0.5) is 4.79 Å². The van der Waals surface area contributed by atoms with Crippen LogP contribution in [-0.4, -0.2) is 17.2 Å². The summed E-state index contributed by atoms with van der Waals surface area (Å²) in [5, 5.41) is 8.33. The van der Waals surface area contributed by atoms with E-state index >= 15 is 0 Å². The van der Waals surface area contributed by atoms with Crippen LogP contribution in [0.2, 0.25) is 0 Å². The predicted molar refractivity (Wildman–Crippen MR) is 49.7 cm³/mol. The second-order valence-corrected chi connectivity index (χ2v) is 3.47. The second-order valence-electron chi connectivity index (χ2n) is 3.47. The highest BCUT2D eigenvalue weighted by molar-refractivity contribution is 5.87. The molecule has 0 amide bonds. The first-order valence-electron chi connectivity index (χ1n) is 4.28. The Kier molecular flexibility index (Phi) is 2.74. The normalized spacial score (nSPS) is 30.0. The molecule has 14 heavy (non-hydrogen) atoms. The van der Waals surface area contributed by atoms with E-state index < -0.39 is 17.5 Å². The first kappa shape index (κ1) is 10.5. The lowest BCUT2D eigenvalue weighted by Crippen LogP contribution is -2.35. The Bertz CT molecular complexity index is 316. The lowest BCUT2D eigenvalue weighted by molar-refractivity contribution is -0.148. The van der Waals surface area contributed by atoms with Crippen LogP contribution in [0.1, 0.15) is 13.8 Å². The van der Waals surface area contributed by atoms with Gasteiger partial charge in [0.15, 0.2) is 0 Å². The molecule has 0 bridgehead atoms. The maximum absolute atomic E-state index is 11.5. The van der Waals surface area contributed by atoms with Crippen molar-refractivity contribution >= 4 is 12.1 Å². The summed E-state index contributed by atoms with van der Waals surface area (Å²) in [5.41, 5.74) is -0.882. The number of allylic oxidation sites excluding steroid dienone is 3. The van der Waals surface area contributed by atoms with Gasteiger partial charge >= 0.3 is 12.1 Å². The Balaban J connectivity index is 2.84. The van der Waals surface area contributed by atoms with E-state index in [4.69, 9.17) is 5.11 Å². The molecule has 4 heteroatoms. The lowest BCUT2D eigenvalue weighted by Gasteiger charge is -2.29. The maximum atomic E-state index is 11.5. The zero-order chi connectivity index (χ0) is 10.8. The standard InChI is InChI=1S/C10H12O4/c1-7-5-3-4-6-10(7,2)8(11)14-9(12)13/h3-7H,1-2H3,(H,12,13). The molecule has 0 aliphatic heterocycles. The average molecular weight is 196 g/mol. The van der Waals surface area contributed by atoms with Gasteiger partial charge in [0.25, 0.3) is 0 Å². The van der Waals surface area contributed by atoms with Gasteiger partial charge in [-0.05, 0) is 12.8 Å².